The van der Waals surface area contributed by atoms with Crippen LogP contribution >= 0.6 is 12.4 Å². The molecule has 0 aliphatic carbocycles. The Morgan fingerprint density at radius 2 is 1.78 bits per heavy atom. The van der Waals surface area contributed by atoms with Crippen LogP contribution in [-0.4, -0.2) is 10.0 Å². The van der Waals surface area contributed by atoms with Gasteiger partial charge in [-0.05, 0) is 22.4 Å². The van der Waals surface area contributed by atoms with Gasteiger partial charge in [-0.15, -0.1) is 12.4 Å². The van der Waals surface area contributed by atoms with Gasteiger partial charge in [0, 0.05) is 17.7 Å². The van der Waals surface area contributed by atoms with Crippen LogP contribution in [0.3, 0.4) is 0 Å². The van der Waals surface area contributed by atoms with Crippen molar-refractivity contribution in [3.8, 4) is 5.75 Å². The lowest BCUT2D eigenvalue weighted by atomic mass is 9.93. The molecule has 3 aromatic rings. The van der Waals surface area contributed by atoms with Crippen molar-refractivity contribution in [2.45, 2.75) is 6.04 Å². The number of hydrogen-bond acceptors (Lipinski definition) is 4. The zero-order chi connectivity index (χ0) is 15.7. The molecule has 0 amide bonds. The third-order valence-corrected chi connectivity index (χ3v) is 3.70. The predicted octanol–water partition coefficient (Wildman–Crippen LogP) is 3.92. The summed E-state index contributed by atoms with van der Waals surface area (Å²) < 4.78 is 0. The van der Waals surface area contributed by atoms with Gasteiger partial charge in [-0.2, -0.15) is 0 Å². The zero-order valence-corrected chi connectivity index (χ0v) is 12.9. The summed E-state index contributed by atoms with van der Waals surface area (Å²) in [6.07, 6.45) is 0. The van der Waals surface area contributed by atoms with Crippen LogP contribution in [0.15, 0.2) is 60.7 Å². The van der Waals surface area contributed by atoms with E-state index in [-0.39, 0.29) is 23.8 Å². The van der Waals surface area contributed by atoms with Gasteiger partial charge in [0.1, 0.15) is 5.75 Å². The van der Waals surface area contributed by atoms with Gasteiger partial charge < -0.3 is 10.8 Å². The van der Waals surface area contributed by atoms with E-state index in [0.29, 0.717) is 11.1 Å². The lowest BCUT2D eigenvalue weighted by molar-refractivity contribution is -0.384. The maximum Gasteiger partial charge on any atom is 0.269 e. The molecule has 23 heavy (non-hydrogen) atoms. The maximum absolute atomic E-state index is 10.9. The zero-order valence-electron chi connectivity index (χ0n) is 12.0. The molecule has 1 unspecified atom stereocenters. The van der Waals surface area contributed by atoms with Crippen LogP contribution in [0.4, 0.5) is 5.69 Å². The van der Waals surface area contributed by atoms with Crippen molar-refractivity contribution in [1.29, 1.82) is 0 Å². The number of nitrogens with two attached hydrogens (primary N) is 1. The van der Waals surface area contributed by atoms with Gasteiger partial charge in [0.05, 0.1) is 11.0 Å². The number of nitro benzene ring substituents is 1. The van der Waals surface area contributed by atoms with E-state index in [1.807, 2.05) is 30.3 Å². The van der Waals surface area contributed by atoms with Crippen LogP contribution in [0.5, 0.6) is 5.75 Å². The molecular weight excluding hydrogens is 316 g/mol. The summed E-state index contributed by atoms with van der Waals surface area (Å²) in [6, 6.07) is 16.5. The van der Waals surface area contributed by atoms with Crippen LogP contribution in [0.1, 0.15) is 17.2 Å². The first-order chi connectivity index (χ1) is 10.6. The van der Waals surface area contributed by atoms with Gasteiger partial charge in [-0.25, -0.2) is 0 Å². The van der Waals surface area contributed by atoms with E-state index in [9.17, 15) is 15.2 Å². The number of aromatic hydroxyl groups is 1. The maximum atomic E-state index is 10.9. The summed E-state index contributed by atoms with van der Waals surface area (Å²) in [4.78, 5) is 10.4. The third kappa shape index (κ3) is 3.11. The molecule has 0 heterocycles. The number of benzene rings is 3. The first kappa shape index (κ1) is 16.7. The van der Waals surface area contributed by atoms with E-state index in [0.717, 1.165) is 10.8 Å². The molecule has 0 saturated carbocycles. The fraction of sp³-hybridized carbons (Fsp3) is 0.0588. The van der Waals surface area contributed by atoms with Crippen molar-refractivity contribution in [2.24, 2.45) is 5.73 Å². The van der Waals surface area contributed by atoms with Gasteiger partial charge in [0.25, 0.3) is 5.69 Å². The number of rotatable bonds is 3. The molecule has 1 atom stereocenters. The van der Waals surface area contributed by atoms with Gasteiger partial charge in [0.15, 0.2) is 0 Å². The molecule has 0 aliphatic rings. The number of hydrogen-bond donors (Lipinski definition) is 2. The normalized spacial score (nSPS) is 11.7. The van der Waals surface area contributed by atoms with Crippen LogP contribution in [0.2, 0.25) is 0 Å². The molecule has 0 spiro atoms. The lowest BCUT2D eigenvalue weighted by Gasteiger charge is -2.16. The van der Waals surface area contributed by atoms with E-state index in [1.54, 1.807) is 18.2 Å². The summed E-state index contributed by atoms with van der Waals surface area (Å²) in [5.74, 6) is 0.0812. The quantitative estimate of drug-likeness (QED) is 0.562. The molecule has 3 N–H and O–H groups in total. The number of nitro groups is 1. The van der Waals surface area contributed by atoms with E-state index in [4.69, 9.17) is 5.73 Å². The fourth-order valence-electron chi connectivity index (χ4n) is 2.61. The minimum atomic E-state index is -0.647. The number of halogens is 1. The Kier molecular flexibility index (Phi) is 4.83. The van der Waals surface area contributed by atoms with Gasteiger partial charge in [0.2, 0.25) is 0 Å². The monoisotopic (exact) mass is 330 g/mol. The van der Waals surface area contributed by atoms with Gasteiger partial charge in [-0.1, -0.05) is 42.5 Å². The highest BCUT2D eigenvalue weighted by Gasteiger charge is 2.18. The summed E-state index contributed by atoms with van der Waals surface area (Å²) in [5.41, 5.74) is 7.40. The van der Waals surface area contributed by atoms with E-state index < -0.39 is 11.0 Å². The standard InChI is InChI=1S/C17H14N2O3.ClH/c18-17(12-5-3-6-13(10-12)19(21)22)16-14-7-2-1-4-11(14)8-9-15(16)20;/h1-10,17,20H,18H2;1H. The Bertz CT molecular complexity index is 867. The second-order valence-corrected chi connectivity index (χ2v) is 5.05. The van der Waals surface area contributed by atoms with E-state index >= 15 is 0 Å². The summed E-state index contributed by atoms with van der Waals surface area (Å²) >= 11 is 0. The second kappa shape index (κ2) is 6.64. The number of nitrogens with zero attached hydrogens (tertiary/aromatic N) is 1. The summed E-state index contributed by atoms with van der Waals surface area (Å²) in [7, 11) is 0. The topological polar surface area (TPSA) is 89.4 Å². The SMILES string of the molecule is Cl.NC(c1cccc([N+](=O)[O-])c1)c1c(O)ccc2ccccc12. The van der Waals surface area contributed by atoms with Gasteiger partial charge in [-0.3, -0.25) is 10.1 Å². The second-order valence-electron chi connectivity index (χ2n) is 5.05. The molecule has 5 nitrogen and oxygen atoms in total. The number of fused-ring (bicyclic) bond motifs is 1. The number of non-ortho nitro benzene ring substituents is 1. The minimum Gasteiger partial charge on any atom is -0.508 e. The largest absolute Gasteiger partial charge is 0.508 e. The predicted molar refractivity (Wildman–Crippen MR) is 92.0 cm³/mol. The molecule has 6 heteroatoms. The van der Waals surface area contributed by atoms with Crippen LogP contribution in [-0.2, 0) is 0 Å². The van der Waals surface area contributed by atoms with E-state index in [1.165, 1.54) is 12.1 Å². The molecule has 0 aromatic heterocycles. The molecule has 118 valence electrons. The van der Waals surface area contributed by atoms with Crippen molar-refractivity contribution >= 4 is 28.9 Å². The summed E-state index contributed by atoms with van der Waals surface area (Å²) in [6.45, 7) is 0. The molecule has 3 rings (SSSR count). The Balaban J connectivity index is 0.00000192. The average molecular weight is 331 g/mol. The minimum absolute atomic E-state index is 0. The highest BCUT2D eigenvalue weighted by molar-refractivity contribution is 5.88. The molecule has 0 bridgehead atoms. The Morgan fingerprint density at radius 1 is 1.04 bits per heavy atom. The molecule has 0 radical (unpaired) electrons. The Labute approximate surface area is 138 Å². The Morgan fingerprint density at radius 3 is 2.52 bits per heavy atom. The molecular formula is C17H15ClN2O3. The smallest absolute Gasteiger partial charge is 0.269 e. The van der Waals surface area contributed by atoms with Crippen molar-refractivity contribution in [3.05, 3.63) is 81.9 Å². The third-order valence-electron chi connectivity index (χ3n) is 3.70. The number of phenolic OH excluding ortho intramolecular Hbond substituents is 1. The van der Waals surface area contributed by atoms with Crippen LogP contribution < -0.4 is 5.73 Å². The fourth-order valence-corrected chi connectivity index (χ4v) is 2.61. The molecule has 0 fully saturated rings. The van der Waals surface area contributed by atoms with Crippen molar-refractivity contribution < 1.29 is 10.0 Å². The number of phenols is 1. The summed E-state index contributed by atoms with van der Waals surface area (Å²) in [5, 5.41) is 22.9. The Hall–Kier alpha value is -2.63. The van der Waals surface area contributed by atoms with Crippen molar-refractivity contribution in [2.75, 3.05) is 0 Å². The van der Waals surface area contributed by atoms with E-state index in [2.05, 4.69) is 0 Å². The van der Waals surface area contributed by atoms with Gasteiger partial charge >= 0.3 is 0 Å². The molecule has 0 saturated heterocycles. The highest BCUT2D eigenvalue weighted by atomic mass is 35.5. The first-order valence-electron chi connectivity index (χ1n) is 6.78. The van der Waals surface area contributed by atoms with Crippen LogP contribution in [0.25, 0.3) is 10.8 Å². The first-order valence-corrected chi connectivity index (χ1v) is 6.78. The van der Waals surface area contributed by atoms with Crippen molar-refractivity contribution in [3.63, 3.8) is 0 Å². The molecule has 3 aromatic carbocycles. The lowest BCUT2D eigenvalue weighted by Crippen LogP contribution is -2.13. The average Bonchev–Trinajstić information content (AvgIpc) is 2.54. The van der Waals surface area contributed by atoms with Crippen molar-refractivity contribution in [1.82, 2.24) is 0 Å². The molecule has 0 aliphatic heterocycles. The van der Waals surface area contributed by atoms with Crippen LogP contribution in [0, 0.1) is 10.1 Å². The highest BCUT2D eigenvalue weighted by Crippen LogP contribution is 2.35.